The molecule has 0 unspecified atom stereocenters. The molecule has 0 atom stereocenters. The summed E-state index contributed by atoms with van der Waals surface area (Å²) in [5.74, 6) is 2.18. The summed E-state index contributed by atoms with van der Waals surface area (Å²) in [4.78, 5) is 23.7. The van der Waals surface area contributed by atoms with Gasteiger partial charge in [0.05, 0.1) is 5.52 Å². The lowest BCUT2D eigenvalue weighted by Gasteiger charge is -2.27. The molecule has 2 aromatic rings. The minimum absolute atomic E-state index is 0.0610. The molecule has 1 aromatic heterocycles. The number of amides is 1. The van der Waals surface area contributed by atoms with Crippen LogP contribution in [0, 0.1) is 5.92 Å². The quantitative estimate of drug-likeness (QED) is 0.749. The molecule has 0 aliphatic heterocycles. The van der Waals surface area contributed by atoms with Gasteiger partial charge in [-0.1, -0.05) is 32.4 Å². The Morgan fingerprint density at radius 2 is 1.96 bits per heavy atom. The molecule has 0 aliphatic carbocycles. The summed E-state index contributed by atoms with van der Waals surface area (Å²) in [7, 11) is 0. The van der Waals surface area contributed by atoms with Gasteiger partial charge in [0, 0.05) is 42.4 Å². The van der Waals surface area contributed by atoms with Crippen LogP contribution < -0.4 is 10.2 Å². The normalized spacial score (nSPS) is 11.4. The van der Waals surface area contributed by atoms with E-state index in [4.69, 9.17) is 16.6 Å². The highest BCUT2D eigenvalue weighted by Crippen LogP contribution is 2.27. The Balaban J connectivity index is 2.38. The molecule has 0 spiro atoms. The Hall–Kier alpha value is -1.88. The van der Waals surface area contributed by atoms with Gasteiger partial charge in [0.25, 0.3) is 0 Å². The van der Waals surface area contributed by atoms with Gasteiger partial charge < -0.3 is 10.2 Å². The predicted molar refractivity (Wildman–Crippen MR) is 109 cm³/mol. The zero-order valence-corrected chi connectivity index (χ0v) is 17.1. The van der Waals surface area contributed by atoms with Crippen molar-refractivity contribution in [1.29, 1.82) is 0 Å². The minimum atomic E-state index is 0.0610. The van der Waals surface area contributed by atoms with Crippen molar-refractivity contribution >= 4 is 34.2 Å². The summed E-state index contributed by atoms with van der Waals surface area (Å²) in [5.41, 5.74) is 0.847. The fraction of sp³-hybridized carbons (Fsp3) is 0.550. The second-order valence-electron chi connectivity index (χ2n) is 7.29. The molecule has 1 heterocycles. The molecule has 2 rings (SSSR count). The average Bonchev–Trinajstić information content (AvgIpc) is 2.56. The van der Waals surface area contributed by atoms with Crippen LogP contribution in [0.25, 0.3) is 10.9 Å². The summed E-state index contributed by atoms with van der Waals surface area (Å²) in [6.07, 6.45) is 1.18. The number of aryl methyl sites for hydroxylation is 1. The van der Waals surface area contributed by atoms with Gasteiger partial charge in [0.2, 0.25) is 5.91 Å². The van der Waals surface area contributed by atoms with E-state index >= 15 is 0 Å². The van der Waals surface area contributed by atoms with Crippen LogP contribution in [0.15, 0.2) is 18.2 Å². The van der Waals surface area contributed by atoms with Gasteiger partial charge in [-0.2, -0.15) is 0 Å². The topological polar surface area (TPSA) is 58.1 Å². The number of aromatic nitrogens is 2. The van der Waals surface area contributed by atoms with Crippen molar-refractivity contribution in [2.75, 3.05) is 18.0 Å². The molecule has 1 amide bonds. The summed E-state index contributed by atoms with van der Waals surface area (Å²) in [6.45, 7) is 11.8. The van der Waals surface area contributed by atoms with Gasteiger partial charge in [-0.05, 0) is 38.0 Å². The van der Waals surface area contributed by atoms with Crippen molar-refractivity contribution in [2.45, 2.75) is 53.5 Å². The lowest BCUT2D eigenvalue weighted by atomic mass is 10.1. The van der Waals surface area contributed by atoms with Crippen LogP contribution in [-0.4, -0.2) is 35.0 Å². The Morgan fingerprint density at radius 1 is 1.23 bits per heavy atom. The first-order chi connectivity index (χ1) is 12.3. The number of carbonyl (C=O) groups excluding carboxylic acids is 1. The number of rotatable bonds is 8. The molecule has 0 fully saturated rings. The van der Waals surface area contributed by atoms with Crippen molar-refractivity contribution in [3.05, 3.63) is 29.0 Å². The fourth-order valence-electron chi connectivity index (χ4n) is 2.89. The highest BCUT2D eigenvalue weighted by molar-refractivity contribution is 6.31. The number of nitrogens with one attached hydrogen (secondary N) is 1. The van der Waals surface area contributed by atoms with Crippen molar-refractivity contribution < 1.29 is 4.79 Å². The molecular formula is C20H29ClN4O. The maximum atomic E-state index is 12.1. The molecule has 0 bridgehead atoms. The molecule has 0 radical (unpaired) electrons. The smallest absolute Gasteiger partial charge is 0.221 e. The number of hydrogen-bond donors (Lipinski definition) is 1. The molecule has 1 N–H and O–H groups in total. The van der Waals surface area contributed by atoms with Gasteiger partial charge in [-0.15, -0.1) is 0 Å². The summed E-state index contributed by atoms with van der Waals surface area (Å²) in [6, 6.07) is 5.85. The predicted octanol–water partition coefficient (Wildman–Crippen LogP) is 4.22. The Morgan fingerprint density at radius 3 is 2.58 bits per heavy atom. The van der Waals surface area contributed by atoms with Gasteiger partial charge in [-0.25, -0.2) is 9.97 Å². The summed E-state index contributed by atoms with van der Waals surface area (Å²) < 4.78 is 0. The molecule has 0 aliphatic rings. The number of fused-ring (bicyclic) bond motifs is 1. The van der Waals surface area contributed by atoms with E-state index in [1.165, 1.54) is 0 Å². The second-order valence-corrected chi connectivity index (χ2v) is 7.73. The first-order valence-corrected chi connectivity index (χ1v) is 9.68. The van der Waals surface area contributed by atoms with E-state index in [2.05, 4.69) is 29.0 Å². The Labute approximate surface area is 161 Å². The van der Waals surface area contributed by atoms with Crippen LogP contribution in [-0.2, 0) is 11.2 Å². The van der Waals surface area contributed by atoms with Crippen LogP contribution in [0.1, 0.15) is 46.9 Å². The van der Waals surface area contributed by atoms with Crippen molar-refractivity contribution in [3.63, 3.8) is 0 Å². The zero-order chi connectivity index (χ0) is 19.3. The van der Waals surface area contributed by atoms with Gasteiger partial charge in [0.15, 0.2) is 0 Å². The lowest BCUT2D eigenvalue weighted by Crippen LogP contribution is -2.36. The van der Waals surface area contributed by atoms with Crippen LogP contribution >= 0.6 is 11.6 Å². The van der Waals surface area contributed by atoms with Gasteiger partial charge >= 0.3 is 0 Å². The maximum absolute atomic E-state index is 12.1. The number of carbonyl (C=O) groups is 1. The van der Waals surface area contributed by atoms with E-state index in [0.29, 0.717) is 23.9 Å². The largest absolute Gasteiger partial charge is 0.355 e. The van der Waals surface area contributed by atoms with Crippen molar-refractivity contribution in [2.24, 2.45) is 5.92 Å². The standard InChI is InChI=1S/C20H29ClN4O/c1-6-18-23-17-11-15(21)7-8-16(17)20(24-18)25(12-13(2)3)10-9-19(26)22-14(4)5/h7-8,11,13-14H,6,9-10,12H2,1-5H3,(H,22,26). The monoisotopic (exact) mass is 376 g/mol. The number of benzene rings is 1. The molecule has 0 saturated heterocycles. The van der Waals surface area contributed by atoms with Crippen LogP contribution in [0.2, 0.25) is 5.02 Å². The van der Waals surface area contributed by atoms with Crippen LogP contribution in [0.4, 0.5) is 5.82 Å². The molecule has 142 valence electrons. The fourth-order valence-corrected chi connectivity index (χ4v) is 3.05. The van der Waals surface area contributed by atoms with Crippen LogP contribution in [0.3, 0.4) is 0 Å². The lowest BCUT2D eigenvalue weighted by molar-refractivity contribution is -0.121. The average molecular weight is 377 g/mol. The van der Waals surface area contributed by atoms with Crippen molar-refractivity contribution in [1.82, 2.24) is 15.3 Å². The van der Waals surface area contributed by atoms with E-state index in [1.54, 1.807) is 0 Å². The number of anilines is 1. The molecule has 1 aromatic carbocycles. The van der Waals surface area contributed by atoms with E-state index in [-0.39, 0.29) is 11.9 Å². The first-order valence-electron chi connectivity index (χ1n) is 9.30. The van der Waals surface area contributed by atoms with Gasteiger partial charge in [-0.3, -0.25) is 4.79 Å². The highest BCUT2D eigenvalue weighted by Gasteiger charge is 2.17. The maximum Gasteiger partial charge on any atom is 0.221 e. The van der Waals surface area contributed by atoms with Crippen LogP contribution in [0.5, 0.6) is 0 Å². The molecule has 5 nitrogen and oxygen atoms in total. The SMILES string of the molecule is CCc1nc(N(CCC(=O)NC(C)C)CC(C)C)c2ccc(Cl)cc2n1. The number of nitrogens with zero attached hydrogens (tertiary/aromatic N) is 3. The molecule has 26 heavy (non-hydrogen) atoms. The zero-order valence-electron chi connectivity index (χ0n) is 16.3. The first kappa shape index (κ1) is 20.4. The third-order valence-corrected chi connectivity index (χ3v) is 4.18. The highest BCUT2D eigenvalue weighted by atomic mass is 35.5. The van der Waals surface area contributed by atoms with E-state index in [9.17, 15) is 4.79 Å². The number of halogens is 1. The summed E-state index contributed by atoms with van der Waals surface area (Å²) in [5, 5.41) is 4.59. The van der Waals surface area contributed by atoms with E-state index in [1.807, 2.05) is 39.0 Å². The molecule has 6 heteroatoms. The Kier molecular flexibility index (Phi) is 7.21. The minimum Gasteiger partial charge on any atom is -0.355 e. The van der Waals surface area contributed by atoms with E-state index < -0.39 is 0 Å². The number of hydrogen-bond acceptors (Lipinski definition) is 4. The van der Waals surface area contributed by atoms with E-state index in [0.717, 1.165) is 35.5 Å². The van der Waals surface area contributed by atoms with Crippen molar-refractivity contribution in [3.8, 4) is 0 Å². The Bertz CT molecular complexity index is 761. The third-order valence-electron chi connectivity index (χ3n) is 3.94. The molecule has 0 saturated carbocycles. The molecular weight excluding hydrogens is 348 g/mol. The second kappa shape index (κ2) is 9.17. The van der Waals surface area contributed by atoms with Gasteiger partial charge in [0.1, 0.15) is 11.6 Å². The summed E-state index contributed by atoms with van der Waals surface area (Å²) >= 11 is 6.15. The third kappa shape index (κ3) is 5.56.